The molecule has 0 spiro atoms. The van der Waals surface area contributed by atoms with Gasteiger partial charge in [0, 0.05) is 0 Å². The molecule has 3 aliphatic heterocycles. The Morgan fingerprint density at radius 3 is 2.47 bits per heavy atom. The first-order valence-electron chi connectivity index (χ1n) is 10.6. The number of carboxylic acid groups (broad SMARTS) is 1. The van der Waals surface area contributed by atoms with Crippen molar-refractivity contribution in [2.75, 3.05) is 39.3 Å². The van der Waals surface area contributed by atoms with Gasteiger partial charge in [0.1, 0.15) is 0 Å². The first kappa shape index (κ1) is 22.9. The predicted octanol–water partition coefficient (Wildman–Crippen LogP) is 4.36. The van der Waals surface area contributed by atoms with Gasteiger partial charge in [-0.15, -0.1) is 0 Å². The summed E-state index contributed by atoms with van der Waals surface area (Å²) in [4.78, 5) is 10.6. The summed E-state index contributed by atoms with van der Waals surface area (Å²) in [5.74, 6) is -1.54. The van der Waals surface area contributed by atoms with E-state index in [2.05, 4.69) is 0 Å². The number of halogens is 2. The number of ether oxygens (including phenoxy) is 3. The van der Waals surface area contributed by atoms with Gasteiger partial charge in [-0.3, -0.25) is 0 Å². The van der Waals surface area contributed by atoms with E-state index in [1.54, 1.807) is 13.2 Å². The Kier molecular flexibility index (Phi) is 6.65. The van der Waals surface area contributed by atoms with Crippen molar-refractivity contribution >= 4 is 18.8 Å². The Bertz CT molecular complexity index is 974. The third-order valence-electron chi connectivity index (χ3n) is 6.54. The van der Waals surface area contributed by atoms with E-state index < -0.39 is 25.1 Å². The van der Waals surface area contributed by atoms with E-state index >= 15 is 0 Å². The van der Waals surface area contributed by atoms with Crippen molar-refractivity contribution in [3.05, 3.63) is 48.0 Å². The Morgan fingerprint density at radius 1 is 1.09 bits per heavy atom. The van der Waals surface area contributed by atoms with Crippen LogP contribution in [0.25, 0.3) is 0 Å². The molecule has 2 bridgehead atoms. The molecule has 0 aromatic heterocycles. The number of aliphatic carboxylic acids is 1. The van der Waals surface area contributed by atoms with Crippen LogP contribution in [0.3, 0.4) is 0 Å². The van der Waals surface area contributed by atoms with Crippen LogP contribution in [0.2, 0.25) is 0 Å². The summed E-state index contributed by atoms with van der Waals surface area (Å²) in [6.07, 6.45) is 4.69. The van der Waals surface area contributed by atoms with Gasteiger partial charge >= 0.3 is 185 Å². The average Bonchev–Trinajstić information content (AvgIpc) is 2.80. The molecule has 0 unspecified atom stereocenters. The van der Waals surface area contributed by atoms with Crippen molar-refractivity contribution in [3.8, 4) is 17.2 Å². The van der Waals surface area contributed by atoms with Gasteiger partial charge in [-0.25, -0.2) is 0 Å². The fourth-order valence-corrected chi connectivity index (χ4v) is 9.14. The third-order valence-corrected chi connectivity index (χ3v) is 10.7. The molecule has 3 saturated heterocycles. The Hall–Kier alpha value is -2.28. The van der Waals surface area contributed by atoms with E-state index in [1.165, 1.54) is 6.07 Å². The van der Waals surface area contributed by atoms with E-state index in [-0.39, 0.29) is 17.8 Å². The summed E-state index contributed by atoms with van der Waals surface area (Å²) in [7, 11) is -0.650. The number of methoxy groups -OCH3 is 1. The molecule has 2 aromatic rings. The molecule has 3 aliphatic rings. The Morgan fingerprint density at radius 2 is 1.84 bits per heavy atom. The van der Waals surface area contributed by atoms with Gasteiger partial charge in [-0.2, -0.15) is 0 Å². The Labute approximate surface area is 185 Å². The van der Waals surface area contributed by atoms with Crippen molar-refractivity contribution in [3.63, 3.8) is 0 Å². The third kappa shape index (κ3) is 4.87. The summed E-state index contributed by atoms with van der Waals surface area (Å²) in [5, 5.41) is 9.78. The van der Waals surface area contributed by atoms with Crippen molar-refractivity contribution in [1.29, 1.82) is 0 Å². The molecule has 6 nitrogen and oxygen atoms in total. The predicted molar refractivity (Wildman–Crippen MR) is 118 cm³/mol. The van der Waals surface area contributed by atoms with Gasteiger partial charge < -0.3 is 0 Å². The van der Waals surface area contributed by atoms with Gasteiger partial charge in [-0.05, 0) is 0 Å². The second kappa shape index (κ2) is 9.30. The molecule has 0 saturated carbocycles. The van der Waals surface area contributed by atoms with E-state index in [0.29, 0.717) is 24.7 Å². The molecule has 1 N–H and O–H groups in total. The fourth-order valence-electron chi connectivity index (χ4n) is 4.59. The number of benzene rings is 2. The zero-order chi connectivity index (χ0) is 22.8. The molecule has 0 amide bonds. The zero-order valence-electron chi connectivity index (χ0n) is 17.9. The van der Waals surface area contributed by atoms with Crippen molar-refractivity contribution in [2.24, 2.45) is 5.41 Å². The first-order chi connectivity index (χ1) is 15.3. The molecule has 3 heterocycles. The number of carboxylic acids is 1. The van der Waals surface area contributed by atoms with Gasteiger partial charge in [0.15, 0.2) is 0 Å². The van der Waals surface area contributed by atoms with Crippen LogP contribution in [0.1, 0.15) is 19.3 Å². The molecule has 0 radical (unpaired) electrons. The van der Waals surface area contributed by atoms with Crippen LogP contribution in [0, 0.1) is 17.0 Å². The SMILES string of the molecule is COc1cc(Oc2ccc(F)c(F)c2)cc([PH]23CCC(CCOCC(=O)O)(CC2)CO3)c1. The van der Waals surface area contributed by atoms with Crippen LogP contribution in [-0.2, 0) is 14.1 Å². The van der Waals surface area contributed by atoms with Gasteiger partial charge in [0.05, 0.1) is 0 Å². The summed E-state index contributed by atoms with van der Waals surface area (Å²) in [6.45, 7) is 0.766. The molecule has 0 aliphatic carbocycles. The molecule has 32 heavy (non-hydrogen) atoms. The second-order valence-electron chi connectivity index (χ2n) is 8.55. The maximum atomic E-state index is 13.6. The molecular weight excluding hydrogens is 441 g/mol. The van der Waals surface area contributed by atoms with Crippen molar-refractivity contribution in [1.82, 2.24) is 0 Å². The molecule has 5 rings (SSSR count). The van der Waals surface area contributed by atoms with Crippen LogP contribution >= 0.6 is 7.49 Å². The number of hydrogen-bond acceptors (Lipinski definition) is 5. The number of carbonyl (C=O) groups is 1. The van der Waals surface area contributed by atoms with Crippen molar-refractivity contribution in [2.45, 2.75) is 19.3 Å². The zero-order valence-corrected chi connectivity index (χ0v) is 18.9. The van der Waals surface area contributed by atoms with Gasteiger partial charge in [0.2, 0.25) is 0 Å². The van der Waals surface area contributed by atoms with E-state index in [0.717, 1.165) is 49.0 Å². The first-order valence-corrected chi connectivity index (χ1v) is 12.9. The summed E-state index contributed by atoms with van der Waals surface area (Å²) in [6, 6.07) is 9.05. The second-order valence-corrected chi connectivity index (χ2v) is 12.4. The average molecular weight is 468 g/mol. The standard InChI is InChI=1S/C23H27F2O6P/c1-28-17-10-18(31-16-2-3-20(24)21(25)13-16)12-19(11-17)32-8-5-23(6-9-32,15-30-32)4-7-29-14-22(26)27/h2-3,10-13,32H,4-9,14-15H2,1H3,(H,26,27). The summed E-state index contributed by atoms with van der Waals surface area (Å²) in [5.41, 5.74) is 0.0388. The van der Waals surface area contributed by atoms with Crippen LogP contribution in [0.15, 0.2) is 36.4 Å². The minimum absolute atomic E-state index is 0.0388. The Balaban J connectivity index is 1.49. The van der Waals surface area contributed by atoms with Crippen LogP contribution in [0.4, 0.5) is 8.78 Å². The molecule has 3 fully saturated rings. The minimum atomic E-state index is -2.22. The number of hydrogen-bond donors (Lipinski definition) is 1. The van der Waals surface area contributed by atoms with Crippen LogP contribution < -0.4 is 14.8 Å². The number of fused-ring (bicyclic) bond motifs is 3. The maximum absolute atomic E-state index is 13.6. The fraction of sp³-hybridized carbons (Fsp3) is 0.435. The van der Waals surface area contributed by atoms with E-state index in [1.807, 2.05) is 12.1 Å². The summed E-state index contributed by atoms with van der Waals surface area (Å²) < 4.78 is 49.8. The molecule has 0 atom stereocenters. The van der Waals surface area contributed by atoms with Crippen LogP contribution in [-0.4, -0.2) is 50.3 Å². The molecule has 2 aromatic carbocycles. The van der Waals surface area contributed by atoms with Crippen molar-refractivity contribution < 1.29 is 37.4 Å². The van der Waals surface area contributed by atoms with E-state index in [4.69, 9.17) is 23.8 Å². The van der Waals surface area contributed by atoms with E-state index in [9.17, 15) is 13.6 Å². The number of rotatable bonds is 9. The molecular formula is C23H27F2O6P. The quantitative estimate of drug-likeness (QED) is 0.436. The van der Waals surface area contributed by atoms with Crippen LogP contribution in [0.5, 0.6) is 17.2 Å². The van der Waals surface area contributed by atoms with Gasteiger partial charge in [0.25, 0.3) is 0 Å². The van der Waals surface area contributed by atoms with Gasteiger partial charge in [-0.1, -0.05) is 0 Å². The molecule has 174 valence electrons. The topological polar surface area (TPSA) is 74.2 Å². The molecule has 9 heteroatoms. The normalized spacial score (nSPS) is 22.3. The monoisotopic (exact) mass is 468 g/mol. The summed E-state index contributed by atoms with van der Waals surface area (Å²) >= 11 is 0.